The number of halogens is 3. The normalized spacial score (nSPS) is 16.6. The van der Waals surface area contributed by atoms with Gasteiger partial charge in [-0.15, -0.1) is 18.2 Å². The second kappa shape index (κ2) is 6.68. The highest BCUT2D eigenvalue weighted by Crippen LogP contribution is 2.30. The van der Waals surface area contributed by atoms with E-state index in [2.05, 4.69) is 19.7 Å². The molecule has 1 aromatic carbocycles. The molecule has 0 unspecified atom stereocenters. The monoisotopic (exact) mass is 349 g/mol. The average molecular weight is 349 g/mol. The quantitative estimate of drug-likeness (QED) is 0.772. The Hall–Kier alpha value is -3.28. The topological polar surface area (TPSA) is 57.3 Å². The number of nitrogens with zero attached hydrogens (tertiary/aromatic N) is 3. The van der Waals surface area contributed by atoms with Gasteiger partial charge >= 0.3 is 6.36 Å². The van der Waals surface area contributed by atoms with Crippen molar-refractivity contribution in [3.63, 3.8) is 0 Å². The van der Waals surface area contributed by atoms with E-state index in [1.54, 1.807) is 6.07 Å². The Morgan fingerprint density at radius 1 is 1.12 bits per heavy atom. The highest BCUT2D eigenvalue weighted by Gasteiger charge is 2.31. The van der Waals surface area contributed by atoms with Crippen molar-refractivity contribution >= 4 is 11.7 Å². The largest absolute Gasteiger partial charge is 0.573 e. The molecule has 0 radical (unpaired) electrons. The van der Waals surface area contributed by atoms with Crippen molar-refractivity contribution in [1.82, 2.24) is 4.98 Å². The Morgan fingerprint density at radius 3 is 2.44 bits per heavy atom. The van der Waals surface area contributed by atoms with Crippen molar-refractivity contribution < 1.29 is 27.5 Å². The molecule has 2 aromatic rings. The van der Waals surface area contributed by atoms with Crippen LogP contribution in [0.3, 0.4) is 0 Å². The number of alkyl halides is 3. The maximum absolute atomic E-state index is 12.1. The molecular formula is C16H10F3N3O3. The molecule has 1 atom stereocenters. The predicted molar refractivity (Wildman–Crippen MR) is 80.1 cm³/mol. The Kier molecular flexibility index (Phi) is 4.43. The zero-order valence-electron chi connectivity index (χ0n) is 12.5. The molecule has 0 aliphatic carbocycles. The van der Waals surface area contributed by atoms with Gasteiger partial charge in [0, 0.05) is 0 Å². The molecule has 0 amide bonds. The summed E-state index contributed by atoms with van der Waals surface area (Å²) in [5.41, 5.74) is 0.637. The summed E-state index contributed by atoms with van der Waals surface area (Å²) in [7, 11) is 0. The maximum Gasteiger partial charge on any atom is 0.573 e. The molecule has 1 aliphatic rings. The van der Waals surface area contributed by atoms with Crippen molar-refractivity contribution in [3.8, 4) is 11.5 Å². The van der Waals surface area contributed by atoms with E-state index in [0.717, 1.165) is 0 Å². The minimum absolute atomic E-state index is 0.246. The summed E-state index contributed by atoms with van der Waals surface area (Å²) < 4.78 is 45.8. The van der Waals surface area contributed by atoms with E-state index < -0.39 is 12.5 Å². The molecule has 1 aliphatic heterocycles. The fraction of sp³-hybridized carbons (Fsp3) is 0.188. The van der Waals surface area contributed by atoms with Gasteiger partial charge in [0.05, 0.1) is 6.42 Å². The van der Waals surface area contributed by atoms with E-state index in [1.807, 2.05) is 0 Å². The molecule has 0 saturated carbocycles. The van der Waals surface area contributed by atoms with Gasteiger partial charge in [0.1, 0.15) is 5.75 Å². The van der Waals surface area contributed by atoms with Gasteiger partial charge in [0.25, 0.3) is 5.82 Å². The number of hydrogen-bond acceptors (Lipinski definition) is 5. The molecule has 2 heterocycles. The number of hydrogen-bond donors (Lipinski definition) is 0. The van der Waals surface area contributed by atoms with Crippen molar-refractivity contribution in [2.45, 2.75) is 18.9 Å². The van der Waals surface area contributed by atoms with Crippen LogP contribution < -0.4 is 9.47 Å². The van der Waals surface area contributed by atoms with Crippen molar-refractivity contribution in [2.75, 3.05) is 0 Å². The predicted octanol–water partition coefficient (Wildman–Crippen LogP) is 4.38. The molecule has 0 saturated heterocycles. The van der Waals surface area contributed by atoms with Crippen LogP contribution in [0.2, 0.25) is 0 Å². The van der Waals surface area contributed by atoms with Crippen LogP contribution in [0.15, 0.2) is 47.8 Å². The molecule has 25 heavy (non-hydrogen) atoms. The smallest absolute Gasteiger partial charge is 0.436 e. The lowest BCUT2D eigenvalue weighted by Gasteiger charge is -2.11. The Morgan fingerprint density at radius 2 is 1.84 bits per heavy atom. The van der Waals surface area contributed by atoms with Gasteiger partial charge in [-0.3, -0.25) is 0 Å². The van der Waals surface area contributed by atoms with Gasteiger partial charge in [-0.2, -0.15) is 0 Å². The van der Waals surface area contributed by atoms with Gasteiger partial charge in [0.2, 0.25) is 5.90 Å². The molecule has 0 N–H and O–H groups in total. The third kappa shape index (κ3) is 4.38. The summed E-state index contributed by atoms with van der Waals surface area (Å²) in [6.45, 7) is 6.83. The molecule has 128 valence electrons. The Labute approximate surface area is 140 Å². The number of pyridine rings is 1. The summed E-state index contributed by atoms with van der Waals surface area (Å²) in [5.74, 6) is 0.649. The van der Waals surface area contributed by atoms with Gasteiger partial charge in [0.15, 0.2) is 18.1 Å². The van der Waals surface area contributed by atoms with Crippen LogP contribution in [0.4, 0.5) is 19.0 Å². The SMILES string of the molecule is [C-]#[N+]c1ccc(OC2=NO[C@@H](c3ccc(OC(F)(F)F)cc3)C2)cn1. The summed E-state index contributed by atoms with van der Waals surface area (Å²) in [6.07, 6.45) is -3.49. The van der Waals surface area contributed by atoms with Crippen molar-refractivity contribution in [1.29, 1.82) is 0 Å². The third-order valence-corrected chi connectivity index (χ3v) is 3.20. The number of oxime groups is 1. The van der Waals surface area contributed by atoms with Crippen LogP contribution in [-0.2, 0) is 4.84 Å². The van der Waals surface area contributed by atoms with Crippen LogP contribution in [-0.4, -0.2) is 17.2 Å². The molecule has 0 spiro atoms. The lowest BCUT2D eigenvalue weighted by Crippen LogP contribution is -2.17. The van der Waals surface area contributed by atoms with Gasteiger partial charge < -0.3 is 19.2 Å². The molecule has 6 nitrogen and oxygen atoms in total. The number of benzene rings is 1. The molecule has 0 bridgehead atoms. The lowest BCUT2D eigenvalue weighted by atomic mass is 10.1. The minimum Gasteiger partial charge on any atom is -0.436 e. The highest BCUT2D eigenvalue weighted by atomic mass is 19.4. The van der Waals surface area contributed by atoms with E-state index >= 15 is 0 Å². The summed E-state index contributed by atoms with van der Waals surface area (Å²) >= 11 is 0. The van der Waals surface area contributed by atoms with Crippen molar-refractivity contribution in [2.24, 2.45) is 5.16 Å². The van der Waals surface area contributed by atoms with E-state index in [9.17, 15) is 13.2 Å². The Balaban J connectivity index is 1.59. The number of ether oxygens (including phenoxy) is 2. The first-order valence-corrected chi connectivity index (χ1v) is 7.03. The molecule has 9 heteroatoms. The zero-order chi connectivity index (χ0) is 17.9. The summed E-state index contributed by atoms with van der Waals surface area (Å²) in [4.78, 5) is 12.3. The fourth-order valence-electron chi connectivity index (χ4n) is 2.11. The average Bonchev–Trinajstić information content (AvgIpc) is 3.03. The maximum atomic E-state index is 12.1. The van der Waals surface area contributed by atoms with Crippen LogP contribution in [0, 0.1) is 6.57 Å². The van der Waals surface area contributed by atoms with E-state index in [1.165, 1.54) is 36.5 Å². The molecular weight excluding hydrogens is 339 g/mol. The van der Waals surface area contributed by atoms with Crippen LogP contribution >= 0.6 is 0 Å². The summed E-state index contributed by atoms with van der Waals surface area (Å²) in [5, 5.41) is 3.81. The van der Waals surface area contributed by atoms with Crippen LogP contribution in [0.1, 0.15) is 18.1 Å². The number of aromatic nitrogens is 1. The number of rotatable bonds is 3. The van der Waals surface area contributed by atoms with Gasteiger partial charge in [-0.1, -0.05) is 23.9 Å². The van der Waals surface area contributed by atoms with Gasteiger partial charge in [-0.05, 0) is 29.8 Å². The Bertz CT molecular complexity index is 812. The van der Waals surface area contributed by atoms with Gasteiger partial charge in [-0.25, -0.2) is 0 Å². The zero-order valence-corrected chi connectivity index (χ0v) is 12.5. The highest BCUT2D eigenvalue weighted by molar-refractivity contribution is 5.79. The second-order valence-electron chi connectivity index (χ2n) is 4.97. The lowest BCUT2D eigenvalue weighted by molar-refractivity contribution is -0.274. The standard InChI is InChI=1S/C16H10F3N3O3/c1-20-14-7-6-12(9-21-14)23-15-8-13(25-22-15)10-2-4-11(5-3-10)24-16(17,18)19/h2-7,9,13H,8H2/t13-/m1/s1. The third-order valence-electron chi connectivity index (χ3n) is 3.20. The van der Waals surface area contributed by atoms with E-state index in [0.29, 0.717) is 23.6 Å². The first-order chi connectivity index (χ1) is 11.9. The minimum atomic E-state index is -4.73. The first-order valence-electron chi connectivity index (χ1n) is 7.03. The first kappa shape index (κ1) is 16.6. The van der Waals surface area contributed by atoms with E-state index in [4.69, 9.17) is 16.1 Å². The molecule has 3 rings (SSSR count). The second-order valence-corrected chi connectivity index (χ2v) is 4.97. The van der Waals surface area contributed by atoms with Crippen molar-refractivity contribution in [3.05, 3.63) is 59.6 Å². The van der Waals surface area contributed by atoms with Crippen LogP contribution in [0.5, 0.6) is 11.5 Å². The van der Waals surface area contributed by atoms with E-state index in [-0.39, 0.29) is 11.6 Å². The summed E-state index contributed by atoms with van der Waals surface area (Å²) in [6, 6.07) is 8.44. The molecule has 1 aromatic heterocycles. The van der Waals surface area contributed by atoms with Crippen LogP contribution in [0.25, 0.3) is 4.85 Å². The molecule has 0 fully saturated rings. The fourth-order valence-corrected chi connectivity index (χ4v) is 2.11.